The third-order valence-electron chi connectivity index (χ3n) is 2.58. The largest absolute Gasteiger partial charge is 0.465 e. The van der Waals surface area contributed by atoms with Crippen LogP contribution in [0.2, 0.25) is 0 Å². The van der Waals surface area contributed by atoms with E-state index in [-0.39, 0.29) is 24.5 Å². The number of carbonyl (C=O) groups is 2. The first kappa shape index (κ1) is 14.0. The van der Waals surface area contributed by atoms with Gasteiger partial charge in [-0.1, -0.05) is 0 Å². The Morgan fingerprint density at radius 1 is 1.24 bits per heavy atom. The Bertz CT molecular complexity index is 263. The molecule has 0 saturated heterocycles. The molecule has 0 N–H and O–H groups in total. The summed E-state index contributed by atoms with van der Waals surface area (Å²) in [6.45, 7) is 5.10. The van der Waals surface area contributed by atoms with E-state index in [0.717, 1.165) is 12.8 Å². The van der Waals surface area contributed by atoms with Crippen molar-refractivity contribution in [2.75, 3.05) is 26.4 Å². The number of hydrogen-bond acceptors (Lipinski definition) is 4. The molecule has 0 unspecified atom stereocenters. The van der Waals surface area contributed by atoms with Crippen LogP contribution >= 0.6 is 0 Å². The third kappa shape index (κ3) is 5.17. The second-order valence-corrected chi connectivity index (χ2v) is 4.00. The fraction of sp³-hybridized carbons (Fsp3) is 0.833. The second kappa shape index (κ2) is 7.27. The average Bonchev–Trinajstić information content (AvgIpc) is 3.10. The maximum absolute atomic E-state index is 11.9. The molecule has 1 saturated carbocycles. The Morgan fingerprint density at radius 3 is 2.47 bits per heavy atom. The van der Waals surface area contributed by atoms with Gasteiger partial charge in [0.2, 0.25) is 5.91 Å². The first-order valence-corrected chi connectivity index (χ1v) is 6.21. The normalized spacial score (nSPS) is 14.5. The molecule has 0 aromatic carbocycles. The first-order chi connectivity index (χ1) is 8.19. The summed E-state index contributed by atoms with van der Waals surface area (Å²) in [5.74, 6) is -0.349. The molecule has 0 atom stereocenters. The number of ether oxygens (including phenoxy) is 2. The predicted molar refractivity (Wildman–Crippen MR) is 62.5 cm³/mol. The maximum Gasteiger partial charge on any atom is 0.325 e. The van der Waals surface area contributed by atoms with E-state index >= 15 is 0 Å². The lowest BCUT2D eigenvalue weighted by atomic mass is 10.3. The zero-order valence-corrected chi connectivity index (χ0v) is 10.6. The zero-order valence-electron chi connectivity index (χ0n) is 10.6. The minimum atomic E-state index is -0.329. The molecule has 0 heterocycles. The highest BCUT2D eigenvalue weighted by Crippen LogP contribution is 2.27. The van der Waals surface area contributed by atoms with Crippen molar-refractivity contribution in [1.82, 2.24) is 4.90 Å². The molecule has 0 spiro atoms. The standard InChI is InChI=1S/C12H21NO4/c1-3-16-8-7-11(14)13(10-5-6-10)9-12(15)17-4-2/h10H,3-9H2,1-2H3. The highest BCUT2D eigenvalue weighted by atomic mass is 16.5. The summed E-state index contributed by atoms with van der Waals surface area (Å²) >= 11 is 0. The highest BCUT2D eigenvalue weighted by Gasteiger charge is 2.33. The summed E-state index contributed by atoms with van der Waals surface area (Å²) in [6.07, 6.45) is 2.31. The van der Waals surface area contributed by atoms with Crippen molar-refractivity contribution in [3.8, 4) is 0 Å². The minimum Gasteiger partial charge on any atom is -0.465 e. The SMILES string of the molecule is CCOCCC(=O)N(CC(=O)OCC)C1CC1. The van der Waals surface area contributed by atoms with Crippen molar-refractivity contribution in [1.29, 1.82) is 0 Å². The van der Waals surface area contributed by atoms with Crippen LogP contribution in [-0.2, 0) is 19.1 Å². The van der Waals surface area contributed by atoms with E-state index in [1.165, 1.54) is 0 Å². The van der Waals surface area contributed by atoms with Crippen LogP contribution in [0, 0.1) is 0 Å². The van der Waals surface area contributed by atoms with Gasteiger partial charge in [0.25, 0.3) is 0 Å². The monoisotopic (exact) mass is 243 g/mol. The Balaban J connectivity index is 2.36. The number of nitrogens with zero attached hydrogens (tertiary/aromatic N) is 1. The van der Waals surface area contributed by atoms with E-state index in [1.54, 1.807) is 11.8 Å². The fourth-order valence-corrected chi connectivity index (χ4v) is 1.60. The van der Waals surface area contributed by atoms with Gasteiger partial charge in [0.1, 0.15) is 6.54 Å². The van der Waals surface area contributed by atoms with Crippen molar-refractivity contribution in [2.24, 2.45) is 0 Å². The molecule has 17 heavy (non-hydrogen) atoms. The van der Waals surface area contributed by atoms with E-state index in [1.807, 2.05) is 6.92 Å². The first-order valence-electron chi connectivity index (χ1n) is 6.21. The Hall–Kier alpha value is -1.10. The minimum absolute atomic E-state index is 0.0194. The van der Waals surface area contributed by atoms with Gasteiger partial charge in [-0.2, -0.15) is 0 Å². The molecule has 0 aliphatic heterocycles. The number of esters is 1. The maximum atomic E-state index is 11.9. The summed E-state index contributed by atoms with van der Waals surface area (Å²) in [7, 11) is 0. The quantitative estimate of drug-likeness (QED) is 0.471. The number of rotatable bonds is 8. The molecule has 1 amide bonds. The average molecular weight is 243 g/mol. The molecule has 98 valence electrons. The highest BCUT2D eigenvalue weighted by molar-refractivity contribution is 5.82. The van der Waals surface area contributed by atoms with Gasteiger partial charge in [-0.25, -0.2) is 0 Å². The van der Waals surface area contributed by atoms with Gasteiger partial charge in [-0.3, -0.25) is 9.59 Å². The van der Waals surface area contributed by atoms with Crippen molar-refractivity contribution >= 4 is 11.9 Å². The predicted octanol–water partition coefficient (Wildman–Crippen LogP) is 0.967. The van der Waals surface area contributed by atoms with Gasteiger partial charge in [0.15, 0.2) is 0 Å². The van der Waals surface area contributed by atoms with E-state index < -0.39 is 0 Å². The lowest BCUT2D eigenvalue weighted by molar-refractivity contribution is -0.149. The van der Waals surface area contributed by atoms with Gasteiger partial charge in [0.05, 0.1) is 19.6 Å². The van der Waals surface area contributed by atoms with Crippen LogP contribution in [0.25, 0.3) is 0 Å². The van der Waals surface area contributed by atoms with Crippen LogP contribution in [0.4, 0.5) is 0 Å². The van der Waals surface area contributed by atoms with Crippen LogP contribution in [-0.4, -0.2) is 49.2 Å². The van der Waals surface area contributed by atoms with E-state index in [9.17, 15) is 9.59 Å². The summed E-state index contributed by atoms with van der Waals surface area (Å²) in [5, 5.41) is 0. The van der Waals surface area contributed by atoms with Gasteiger partial charge >= 0.3 is 5.97 Å². The van der Waals surface area contributed by atoms with Crippen molar-refractivity contribution in [3.63, 3.8) is 0 Å². The molecule has 1 fully saturated rings. The second-order valence-electron chi connectivity index (χ2n) is 4.00. The summed E-state index contributed by atoms with van der Waals surface area (Å²) in [4.78, 5) is 24.9. The topological polar surface area (TPSA) is 55.8 Å². The summed E-state index contributed by atoms with van der Waals surface area (Å²) < 4.78 is 10.0. The molecule has 1 aliphatic rings. The molecule has 1 aliphatic carbocycles. The van der Waals surface area contributed by atoms with Gasteiger partial charge < -0.3 is 14.4 Å². The van der Waals surface area contributed by atoms with Crippen LogP contribution < -0.4 is 0 Å². The van der Waals surface area contributed by atoms with E-state index in [2.05, 4.69) is 0 Å². The van der Waals surface area contributed by atoms with Crippen molar-refractivity contribution in [2.45, 2.75) is 39.2 Å². The number of carbonyl (C=O) groups excluding carboxylic acids is 2. The zero-order chi connectivity index (χ0) is 12.7. The van der Waals surface area contributed by atoms with Crippen LogP contribution in [0.1, 0.15) is 33.1 Å². The molecule has 0 aromatic rings. The van der Waals surface area contributed by atoms with Gasteiger partial charge in [-0.05, 0) is 26.7 Å². The fourth-order valence-electron chi connectivity index (χ4n) is 1.60. The molecule has 0 bridgehead atoms. The third-order valence-corrected chi connectivity index (χ3v) is 2.58. The summed E-state index contributed by atoms with van der Waals surface area (Å²) in [6, 6.07) is 0.230. The lowest BCUT2D eigenvalue weighted by Gasteiger charge is -2.21. The molecular formula is C12H21NO4. The van der Waals surface area contributed by atoms with Gasteiger partial charge in [0, 0.05) is 12.6 Å². The summed E-state index contributed by atoms with van der Waals surface area (Å²) in [5.41, 5.74) is 0. The Kier molecular flexibility index (Phi) is 5.97. The molecular weight excluding hydrogens is 222 g/mol. The lowest BCUT2D eigenvalue weighted by Crippen LogP contribution is -2.38. The Morgan fingerprint density at radius 2 is 1.94 bits per heavy atom. The molecule has 1 rings (SSSR count). The number of hydrogen-bond donors (Lipinski definition) is 0. The van der Waals surface area contributed by atoms with Crippen LogP contribution in [0.15, 0.2) is 0 Å². The van der Waals surface area contributed by atoms with Crippen LogP contribution in [0.3, 0.4) is 0 Å². The Labute approximate surface area is 102 Å². The van der Waals surface area contributed by atoms with Gasteiger partial charge in [-0.15, -0.1) is 0 Å². The molecule has 0 aromatic heterocycles. The van der Waals surface area contributed by atoms with Crippen molar-refractivity contribution < 1.29 is 19.1 Å². The molecule has 0 radical (unpaired) electrons. The van der Waals surface area contributed by atoms with Crippen molar-refractivity contribution in [3.05, 3.63) is 0 Å². The van der Waals surface area contributed by atoms with E-state index in [0.29, 0.717) is 26.2 Å². The van der Waals surface area contributed by atoms with Crippen LogP contribution in [0.5, 0.6) is 0 Å². The smallest absolute Gasteiger partial charge is 0.325 e. The number of amides is 1. The van der Waals surface area contributed by atoms with E-state index in [4.69, 9.17) is 9.47 Å². The molecule has 5 nitrogen and oxygen atoms in total. The molecule has 5 heteroatoms.